The summed E-state index contributed by atoms with van der Waals surface area (Å²) in [7, 11) is 1.92. The van der Waals surface area contributed by atoms with Gasteiger partial charge in [0.25, 0.3) is 0 Å². The third-order valence-corrected chi connectivity index (χ3v) is 5.35. The summed E-state index contributed by atoms with van der Waals surface area (Å²) in [5.74, 6) is 0. The van der Waals surface area contributed by atoms with Crippen molar-refractivity contribution in [1.82, 2.24) is 10.3 Å². The van der Waals surface area contributed by atoms with Gasteiger partial charge in [0.2, 0.25) is 0 Å². The lowest BCUT2D eigenvalue weighted by molar-refractivity contribution is 0.0105. The highest BCUT2D eigenvalue weighted by molar-refractivity contribution is 6.30. The van der Waals surface area contributed by atoms with E-state index < -0.39 is 0 Å². The molecule has 0 aliphatic heterocycles. The highest BCUT2D eigenvalue weighted by atomic mass is 35.5. The molecule has 0 spiro atoms. The first-order valence-corrected chi connectivity index (χ1v) is 10.5. The SMILES string of the molecule is CCCCOC(CO)c1c(C)cc2nc(CNC)ccc2c1-c1ccc(Cl)cc1. The molecule has 0 bridgehead atoms. The molecule has 1 heterocycles. The topological polar surface area (TPSA) is 54.4 Å². The fourth-order valence-electron chi connectivity index (χ4n) is 3.68. The van der Waals surface area contributed by atoms with Crippen molar-refractivity contribution in [1.29, 1.82) is 0 Å². The Hall–Kier alpha value is -1.98. The highest BCUT2D eigenvalue weighted by Gasteiger charge is 2.22. The van der Waals surface area contributed by atoms with Crippen LogP contribution in [0.4, 0.5) is 0 Å². The number of aliphatic hydroxyl groups is 1. The van der Waals surface area contributed by atoms with Crippen LogP contribution in [0.3, 0.4) is 0 Å². The Morgan fingerprint density at radius 3 is 2.59 bits per heavy atom. The van der Waals surface area contributed by atoms with Gasteiger partial charge >= 0.3 is 0 Å². The molecule has 1 aromatic heterocycles. The highest BCUT2D eigenvalue weighted by Crippen LogP contribution is 2.39. The van der Waals surface area contributed by atoms with Gasteiger partial charge in [0.15, 0.2) is 0 Å². The molecule has 0 aliphatic rings. The number of aryl methyl sites for hydroxylation is 1. The molecule has 3 aromatic rings. The Balaban J connectivity index is 2.22. The van der Waals surface area contributed by atoms with Gasteiger partial charge < -0.3 is 15.2 Å². The maximum atomic E-state index is 10.1. The molecule has 0 amide bonds. The third kappa shape index (κ3) is 4.96. The maximum absolute atomic E-state index is 10.1. The normalized spacial score (nSPS) is 12.4. The van der Waals surface area contributed by atoms with Crippen molar-refractivity contribution in [2.75, 3.05) is 20.3 Å². The van der Waals surface area contributed by atoms with Crippen LogP contribution in [0.1, 0.15) is 42.7 Å². The van der Waals surface area contributed by atoms with Gasteiger partial charge in [-0.3, -0.25) is 4.98 Å². The number of rotatable bonds is 9. The largest absolute Gasteiger partial charge is 0.393 e. The second-order valence-corrected chi connectivity index (χ2v) is 7.72. The first kappa shape index (κ1) is 21.7. The number of halogens is 1. The minimum absolute atomic E-state index is 0.0675. The number of fused-ring (bicyclic) bond motifs is 1. The number of ether oxygens (including phenoxy) is 1. The number of aliphatic hydroxyl groups excluding tert-OH is 1. The number of unbranched alkanes of at least 4 members (excludes halogenated alkanes) is 1. The van der Waals surface area contributed by atoms with Crippen molar-refractivity contribution >= 4 is 22.5 Å². The number of nitrogens with zero attached hydrogens (tertiary/aromatic N) is 1. The summed E-state index contributed by atoms with van der Waals surface area (Å²) in [6.45, 7) is 5.46. The average molecular weight is 413 g/mol. The predicted molar refractivity (Wildman–Crippen MR) is 120 cm³/mol. The Kier molecular flexibility index (Phi) is 7.62. The van der Waals surface area contributed by atoms with Gasteiger partial charge in [-0.05, 0) is 66.9 Å². The van der Waals surface area contributed by atoms with Gasteiger partial charge in [-0.1, -0.05) is 43.1 Å². The zero-order chi connectivity index (χ0) is 20.8. The molecule has 29 heavy (non-hydrogen) atoms. The number of hydrogen-bond acceptors (Lipinski definition) is 4. The second-order valence-electron chi connectivity index (χ2n) is 7.28. The molecular formula is C24H29ClN2O2. The van der Waals surface area contributed by atoms with Crippen molar-refractivity contribution in [2.24, 2.45) is 0 Å². The van der Waals surface area contributed by atoms with Crippen LogP contribution >= 0.6 is 11.6 Å². The smallest absolute Gasteiger partial charge is 0.106 e. The van der Waals surface area contributed by atoms with Gasteiger partial charge in [0.1, 0.15) is 6.10 Å². The molecule has 3 rings (SSSR count). The van der Waals surface area contributed by atoms with Crippen molar-refractivity contribution in [3.05, 3.63) is 64.3 Å². The third-order valence-electron chi connectivity index (χ3n) is 5.09. The van der Waals surface area contributed by atoms with Crippen molar-refractivity contribution in [3.8, 4) is 11.1 Å². The molecule has 2 N–H and O–H groups in total. The lowest BCUT2D eigenvalue weighted by atomic mass is 9.88. The van der Waals surface area contributed by atoms with E-state index in [-0.39, 0.29) is 12.7 Å². The summed E-state index contributed by atoms with van der Waals surface area (Å²) in [6.07, 6.45) is 1.64. The van der Waals surface area contributed by atoms with Crippen molar-refractivity contribution in [2.45, 2.75) is 39.3 Å². The van der Waals surface area contributed by atoms with E-state index in [1.165, 1.54) is 0 Å². The molecule has 0 radical (unpaired) electrons. The van der Waals surface area contributed by atoms with Crippen molar-refractivity contribution < 1.29 is 9.84 Å². The molecule has 1 atom stereocenters. The summed E-state index contributed by atoms with van der Waals surface area (Å²) >= 11 is 6.13. The van der Waals surface area contributed by atoms with Gasteiger partial charge in [-0.25, -0.2) is 0 Å². The fourth-order valence-corrected chi connectivity index (χ4v) is 3.81. The minimum Gasteiger partial charge on any atom is -0.393 e. The quantitative estimate of drug-likeness (QED) is 0.460. The Morgan fingerprint density at radius 1 is 1.17 bits per heavy atom. The van der Waals surface area contributed by atoms with Crippen LogP contribution in [0.25, 0.3) is 22.0 Å². The zero-order valence-corrected chi connectivity index (χ0v) is 18.1. The monoisotopic (exact) mass is 412 g/mol. The summed E-state index contributed by atoms with van der Waals surface area (Å²) in [4.78, 5) is 4.84. The molecule has 0 aliphatic carbocycles. The molecule has 4 nitrogen and oxygen atoms in total. The lowest BCUT2D eigenvalue weighted by Crippen LogP contribution is -2.14. The molecule has 0 saturated heterocycles. The molecule has 2 aromatic carbocycles. The van der Waals surface area contributed by atoms with Crippen LogP contribution in [0.15, 0.2) is 42.5 Å². The van der Waals surface area contributed by atoms with Gasteiger partial charge in [0, 0.05) is 23.6 Å². The molecule has 5 heteroatoms. The number of nitrogens with one attached hydrogen (secondary N) is 1. The summed E-state index contributed by atoms with van der Waals surface area (Å²) < 4.78 is 6.09. The van der Waals surface area contributed by atoms with E-state index in [1.807, 2.05) is 37.4 Å². The maximum Gasteiger partial charge on any atom is 0.106 e. The van der Waals surface area contributed by atoms with E-state index >= 15 is 0 Å². The van der Waals surface area contributed by atoms with Gasteiger partial charge in [-0.15, -0.1) is 0 Å². The van der Waals surface area contributed by atoms with Crippen LogP contribution in [0.5, 0.6) is 0 Å². The Morgan fingerprint density at radius 2 is 1.93 bits per heavy atom. The average Bonchev–Trinajstić information content (AvgIpc) is 2.72. The second kappa shape index (κ2) is 10.2. The minimum atomic E-state index is -0.381. The van der Waals surface area contributed by atoms with E-state index in [4.69, 9.17) is 21.3 Å². The molecule has 0 saturated carbocycles. The van der Waals surface area contributed by atoms with Gasteiger partial charge in [-0.2, -0.15) is 0 Å². The number of pyridine rings is 1. The van der Waals surface area contributed by atoms with Crippen LogP contribution in [-0.4, -0.2) is 30.4 Å². The van der Waals surface area contributed by atoms with Crippen LogP contribution in [0, 0.1) is 6.92 Å². The molecule has 0 fully saturated rings. The Bertz CT molecular complexity index is 957. The van der Waals surface area contributed by atoms with E-state index in [0.29, 0.717) is 18.2 Å². The van der Waals surface area contributed by atoms with E-state index in [1.54, 1.807) is 0 Å². The predicted octanol–water partition coefficient (Wildman–Crippen LogP) is 5.43. The van der Waals surface area contributed by atoms with E-state index in [2.05, 4.69) is 31.3 Å². The zero-order valence-electron chi connectivity index (χ0n) is 17.3. The lowest BCUT2D eigenvalue weighted by Gasteiger charge is -2.23. The first-order chi connectivity index (χ1) is 14.1. The first-order valence-electron chi connectivity index (χ1n) is 10.1. The standard InChI is InChI=1S/C24H29ClN2O2/c1-4-5-12-29-22(15-28)23-16(2)13-21-20(11-10-19(27-21)14-26-3)24(23)17-6-8-18(25)9-7-17/h6-11,13,22,26,28H,4-5,12,14-15H2,1-3H3. The number of benzene rings is 2. The molecule has 1 unspecified atom stereocenters. The molecule has 154 valence electrons. The van der Waals surface area contributed by atoms with Crippen LogP contribution in [-0.2, 0) is 11.3 Å². The summed E-state index contributed by atoms with van der Waals surface area (Å²) in [5, 5.41) is 15.0. The fraction of sp³-hybridized carbons (Fsp3) is 0.375. The Labute approximate surface area is 177 Å². The number of aromatic nitrogens is 1. The molecular weight excluding hydrogens is 384 g/mol. The van der Waals surface area contributed by atoms with Crippen LogP contribution in [0.2, 0.25) is 5.02 Å². The van der Waals surface area contributed by atoms with Crippen molar-refractivity contribution in [3.63, 3.8) is 0 Å². The van der Waals surface area contributed by atoms with Gasteiger partial charge in [0.05, 0.1) is 17.8 Å². The summed E-state index contributed by atoms with van der Waals surface area (Å²) in [5.41, 5.74) is 6.10. The number of hydrogen-bond donors (Lipinski definition) is 2. The van der Waals surface area contributed by atoms with E-state index in [0.717, 1.165) is 51.7 Å². The van der Waals surface area contributed by atoms with E-state index in [9.17, 15) is 5.11 Å². The van der Waals surface area contributed by atoms with Crippen LogP contribution < -0.4 is 5.32 Å². The summed E-state index contributed by atoms with van der Waals surface area (Å²) in [6, 6.07) is 14.1.